The van der Waals surface area contributed by atoms with Crippen LogP contribution in [0.1, 0.15) is 34.8 Å². The summed E-state index contributed by atoms with van der Waals surface area (Å²) in [6, 6.07) is 19.3. The molecule has 0 fully saturated rings. The van der Waals surface area contributed by atoms with Gasteiger partial charge in [0, 0.05) is 56.7 Å². The molecule has 0 N–H and O–H groups in total. The number of carbonyl (C=O) groups is 2. The van der Waals surface area contributed by atoms with E-state index in [2.05, 4.69) is 33.0 Å². The monoisotopic (exact) mass is 555 g/mol. The quantitative estimate of drug-likeness (QED) is 0.420. The Kier molecular flexibility index (Phi) is 8.48. The summed E-state index contributed by atoms with van der Waals surface area (Å²) in [6.07, 6.45) is 0.642. The van der Waals surface area contributed by atoms with Crippen molar-refractivity contribution in [1.29, 1.82) is 0 Å². The van der Waals surface area contributed by atoms with E-state index >= 15 is 0 Å². The lowest BCUT2D eigenvalue weighted by atomic mass is 10.1. The lowest BCUT2D eigenvalue weighted by Gasteiger charge is -2.28. The molecule has 0 unspecified atom stereocenters. The maximum absolute atomic E-state index is 14.4. The fourth-order valence-electron chi connectivity index (χ4n) is 4.49. The summed E-state index contributed by atoms with van der Waals surface area (Å²) in [5.74, 6) is -2.53. The van der Waals surface area contributed by atoms with Crippen LogP contribution in [0, 0.1) is 11.6 Å². The number of fused-ring (bicyclic) bond motifs is 1. The number of amides is 2. The van der Waals surface area contributed by atoms with Gasteiger partial charge in [0.15, 0.2) is 11.6 Å². The smallest absolute Gasteiger partial charge is 0.255 e. The van der Waals surface area contributed by atoms with Crippen molar-refractivity contribution in [3.05, 3.63) is 99.5 Å². The fraction of sp³-hybridized carbons (Fsp3) is 0.286. The molecule has 0 aromatic heterocycles. The van der Waals surface area contributed by atoms with E-state index in [-0.39, 0.29) is 18.4 Å². The van der Waals surface area contributed by atoms with Gasteiger partial charge in [0.05, 0.1) is 11.3 Å². The van der Waals surface area contributed by atoms with Crippen molar-refractivity contribution in [3.63, 3.8) is 0 Å². The molecule has 188 valence electrons. The van der Waals surface area contributed by atoms with Crippen molar-refractivity contribution in [2.24, 2.45) is 0 Å². The van der Waals surface area contributed by atoms with Crippen molar-refractivity contribution in [1.82, 2.24) is 9.80 Å². The molecule has 0 radical (unpaired) electrons. The third kappa shape index (κ3) is 6.17. The lowest BCUT2D eigenvalue weighted by molar-refractivity contribution is -0.116. The molecule has 0 saturated carbocycles. The van der Waals surface area contributed by atoms with E-state index < -0.39 is 11.6 Å². The van der Waals surface area contributed by atoms with Gasteiger partial charge in [0.25, 0.3) is 5.91 Å². The molecule has 0 atom stereocenters. The largest absolute Gasteiger partial charge is 0.333 e. The third-order valence-corrected chi connectivity index (χ3v) is 7.03. The number of rotatable bonds is 3. The van der Waals surface area contributed by atoms with Crippen LogP contribution in [0.15, 0.2) is 71.2 Å². The Morgan fingerprint density at radius 3 is 2.31 bits per heavy atom. The molecule has 4 rings (SSSR count). The summed E-state index contributed by atoms with van der Waals surface area (Å²) in [7, 11) is 0. The Balaban J connectivity index is 1.73. The minimum atomic E-state index is -1.02. The zero-order valence-corrected chi connectivity index (χ0v) is 21.7. The molecule has 36 heavy (non-hydrogen) atoms. The summed E-state index contributed by atoms with van der Waals surface area (Å²) in [4.78, 5) is 31.6. The summed E-state index contributed by atoms with van der Waals surface area (Å²) in [6.45, 7) is 4.14. The van der Waals surface area contributed by atoms with Gasteiger partial charge in [-0.05, 0) is 51.7 Å². The van der Waals surface area contributed by atoms with Crippen molar-refractivity contribution in [2.45, 2.75) is 26.4 Å². The van der Waals surface area contributed by atoms with Crippen molar-refractivity contribution in [3.8, 4) is 0 Å². The van der Waals surface area contributed by atoms with Gasteiger partial charge in [-0.3, -0.25) is 14.5 Å². The number of carbonyl (C=O) groups excluding carboxylic acids is 2. The van der Waals surface area contributed by atoms with Gasteiger partial charge in [-0.15, -0.1) is 0 Å². The molecule has 0 spiro atoms. The van der Waals surface area contributed by atoms with Gasteiger partial charge in [-0.25, -0.2) is 8.78 Å². The molecular formula is C28H28BrF2N3O2. The van der Waals surface area contributed by atoms with Crippen LogP contribution >= 0.6 is 15.9 Å². The molecule has 0 saturated heterocycles. The second-order valence-corrected chi connectivity index (χ2v) is 9.74. The first-order valence-corrected chi connectivity index (χ1v) is 12.7. The van der Waals surface area contributed by atoms with E-state index in [1.807, 2.05) is 24.3 Å². The highest BCUT2D eigenvalue weighted by molar-refractivity contribution is 9.10. The van der Waals surface area contributed by atoms with Gasteiger partial charge in [0.1, 0.15) is 0 Å². The Morgan fingerprint density at radius 2 is 1.58 bits per heavy atom. The second-order valence-electron chi connectivity index (χ2n) is 8.89. The number of hydrogen-bond donors (Lipinski definition) is 0. The van der Waals surface area contributed by atoms with Crippen LogP contribution in [0.4, 0.5) is 14.5 Å². The number of anilines is 1. The molecule has 0 bridgehead atoms. The Hall–Kier alpha value is -3.10. The molecule has 2 amide bonds. The highest BCUT2D eigenvalue weighted by atomic mass is 79.9. The van der Waals surface area contributed by atoms with Gasteiger partial charge in [-0.2, -0.15) is 0 Å². The van der Waals surface area contributed by atoms with Crippen molar-refractivity contribution in [2.75, 3.05) is 31.1 Å². The van der Waals surface area contributed by atoms with Crippen LogP contribution in [-0.4, -0.2) is 47.8 Å². The maximum Gasteiger partial charge on any atom is 0.255 e. The zero-order chi connectivity index (χ0) is 25.7. The van der Waals surface area contributed by atoms with Gasteiger partial charge < -0.3 is 9.80 Å². The SMILES string of the molecule is CC(=O)N1CCCN(Cc2ccccc2)CCN(C(=O)c2ccccc2Br)Cc2cc(F)c(F)cc21. The number of nitrogens with zero attached hydrogens (tertiary/aromatic N) is 3. The van der Waals surface area contributed by atoms with Crippen molar-refractivity contribution >= 4 is 33.4 Å². The van der Waals surface area contributed by atoms with E-state index in [1.54, 1.807) is 23.1 Å². The normalized spacial score (nSPS) is 15.2. The zero-order valence-electron chi connectivity index (χ0n) is 20.1. The molecule has 1 aliphatic heterocycles. The summed E-state index contributed by atoms with van der Waals surface area (Å²) < 4.78 is 29.3. The van der Waals surface area contributed by atoms with Gasteiger partial charge >= 0.3 is 0 Å². The second kappa shape index (κ2) is 11.8. The lowest BCUT2D eigenvalue weighted by Crippen LogP contribution is -2.38. The van der Waals surface area contributed by atoms with E-state index in [1.165, 1.54) is 11.8 Å². The first kappa shape index (κ1) is 26.0. The molecular weight excluding hydrogens is 528 g/mol. The average molecular weight is 556 g/mol. The van der Waals surface area contributed by atoms with Gasteiger partial charge in [-0.1, -0.05) is 42.5 Å². The molecule has 5 nitrogen and oxygen atoms in total. The Morgan fingerprint density at radius 1 is 0.889 bits per heavy atom. The Labute approximate surface area is 218 Å². The maximum atomic E-state index is 14.4. The standard InChI is InChI=1S/C28H28BrF2N3O2/c1-20(35)34-13-7-12-32(18-21-8-3-2-4-9-21)14-15-33(28(36)23-10-5-6-11-24(23)29)19-22-16-25(30)26(31)17-27(22)34/h2-6,8-11,16-17H,7,12-15,18-19H2,1H3. The van der Waals surface area contributed by atoms with E-state index in [4.69, 9.17) is 0 Å². The third-order valence-electron chi connectivity index (χ3n) is 6.34. The first-order valence-electron chi connectivity index (χ1n) is 11.9. The van der Waals surface area contributed by atoms with Crippen LogP contribution in [0.25, 0.3) is 0 Å². The number of hydrogen-bond acceptors (Lipinski definition) is 3. The molecule has 1 heterocycles. The predicted molar refractivity (Wildman–Crippen MR) is 140 cm³/mol. The topological polar surface area (TPSA) is 43.9 Å². The predicted octanol–water partition coefficient (Wildman–Crippen LogP) is 5.63. The first-order chi connectivity index (χ1) is 17.3. The van der Waals surface area contributed by atoms with E-state index in [0.717, 1.165) is 17.7 Å². The van der Waals surface area contributed by atoms with Crippen LogP contribution in [-0.2, 0) is 17.9 Å². The minimum Gasteiger partial charge on any atom is -0.333 e. The summed E-state index contributed by atoms with van der Waals surface area (Å²) >= 11 is 3.46. The van der Waals surface area contributed by atoms with E-state index in [9.17, 15) is 18.4 Å². The number of halogens is 3. The van der Waals surface area contributed by atoms with Crippen molar-refractivity contribution < 1.29 is 18.4 Å². The molecule has 0 aliphatic carbocycles. The highest BCUT2D eigenvalue weighted by Gasteiger charge is 2.25. The highest BCUT2D eigenvalue weighted by Crippen LogP contribution is 2.28. The molecule has 3 aromatic carbocycles. The molecule has 1 aliphatic rings. The Bertz CT molecular complexity index is 1240. The van der Waals surface area contributed by atoms with Crippen LogP contribution < -0.4 is 4.90 Å². The van der Waals surface area contributed by atoms with Crippen LogP contribution in [0.3, 0.4) is 0 Å². The molecule has 3 aromatic rings. The van der Waals surface area contributed by atoms with Crippen LogP contribution in [0.2, 0.25) is 0 Å². The summed E-state index contributed by atoms with van der Waals surface area (Å²) in [5.41, 5.74) is 2.31. The van der Waals surface area contributed by atoms with Gasteiger partial charge in [0.2, 0.25) is 5.91 Å². The number of benzene rings is 3. The fourth-order valence-corrected chi connectivity index (χ4v) is 4.95. The summed E-state index contributed by atoms with van der Waals surface area (Å²) in [5, 5.41) is 0. The molecule has 8 heteroatoms. The van der Waals surface area contributed by atoms with E-state index in [0.29, 0.717) is 60.4 Å². The average Bonchev–Trinajstić information content (AvgIpc) is 2.89. The van der Waals surface area contributed by atoms with Crippen LogP contribution in [0.5, 0.6) is 0 Å². The minimum absolute atomic E-state index is 0.0374.